The van der Waals surface area contributed by atoms with Crippen molar-refractivity contribution in [2.45, 2.75) is 18.8 Å². The minimum Gasteiger partial charge on any atom is -0.319 e. The van der Waals surface area contributed by atoms with E-state index in [1.165, 1.54) is 0 Å². The summed E-state index contributed by atoms with van der Waals surface area (Å²) in [7, 11) is 0. The van der Waals surface area contributed by atoms with E-state index in [1.54, 1.807) is 11.3 Å². The van der Waals surface area contributed by atoms with Crippen LogP contribution in [-0.2, 0) is 6.54 Å². The van der Waals surface area contributed by atoms with Gasteiger partial charge in [-0.2, -0.15) is 0 Å². The van der Waals surface area contributed by atoms with Crippen molar-refractivity contribution < 1.29 is 0 Å². The average Bonchev–Trinajstić information content (AvgIpc) is 2.98. The zero-order valence-electron chi connectivity index (χ0n) is 10.2. The minimum atomic E-state index is -0.179. The number of nitrogens with zero attached hydrogens (tertiary/aromatic N) is 3. The van der Waals surface area contributed by atoms with Crippen molar-refractivity contribution in [3.05, 3.63) is 45.6 Å². The average molecular weight is 312 g/mol. The fourth-order valence-corrected chi connectivity index (χ4v) is 3.09. The van der Waals surface area contributed by atoms with Crippen LogP contribution in [0.3, 0.4) is 0 Å². The Hall–Kier alpha value is -1.10. The molecule has 0 aliphatic rings. The zero-order chi connectivity index (χ0) is 13.4. The van der Waals surface area contributed by atoms with Gasteiger partial charge in [-0.05, 0) is 19.1 Å². The van der Waals surface area contributed by atoms with Crippen molar-refractivity contribution in [3.63, 3.8) is 0 Å². The maximum absolute atomic E-state index is 6.30. The first-order valence-electron chi connectivity index (χ1n) is 5.82. The normalized spacial score (nSPS) is 13.0. The van der Waals surface area contributed by atoms with Gasteiger partial charge in [0.05, 0.1) is 39.2 Å². The standard InChI is InChI=1S/C13H11Cl2N3S/c1-8(14)13-17-11-4-2-3-10(15)12(11)18(13)5-9-6-19-7-16-9/h2-4,6-8H,5H2,1H3. The summed E-state index contributed by atoms with van der Waals surface area (Å²) in [5.41, 5.74) is 4.59. The molecule has 3 aromatic rings. The van der Waals surface area contributed by atoms with E-state index in [4.69, 9.17) is 23.2 Å². The highest BCUT2D eigenvalue weighted by molar-refractivity contribution is 7.07. The number of fused-ring (bicyclic) bond motifs is 1. The summed E-state index contributed by atoms with van der Waals surface area (Å²) < 4.78 is 2.05. The van der Waals surface area contributed by atoms with E-state index in [-0.39, 0.29) is 5.38 Å². The van der Waals surface area contributed by atoms with E-state index in [0.29, 0.717) is 11.6 Å². The molecule has 19 heavy (non-hydrogen) atoms. The van der Waals surface area contributed by atoms with Crippen LogP contribution in [0.4, 0.5) is 0 Å². The van der Waals surface area contributed by atoms with E-state index in [9.17, 15) is 0 Å². The summed E-state index contributed by atoms with van der Waals surface area (Å²) in [5, 5.41) is 2.52. The first-order chi connectivity index (χ1) is 9.16. The Labute approximate surface area is 124 Å². The van der Waals surface area contributed by atoms with E-state index in [0.717, 1.165) is 22.6 Å². The second-order valence-corrected chi connectivity index (χ2v) is 6.04. The fourth-order valence-electron chi connectivity index (χ4n) is 2.10. The van der Waals surface area contributed by atoms with E-state index < -0.39 is 0 Å². The van der Waals surface area contributed by atoms with Crippen molar-refractivity contribution in [2.24, 2.45) is 0 Å². The van der Waals surface area contributed by atoms with Gasteiger partial charge in [-0.3, -0.25) is 0 Å². The first-order valence-corrected chi connectivity index (χ1v) is 7.58. The maximum Gasteiger partial charge on any atom is 0.128 e. The quantitative estimate of drug-likeness (QED) is 0.667. The largest absolute Gasteiger partial charge is 0.319 e. The molecule has 6 heteroatoms. The molecule has 0 aliphatic heterocycles. The Bertz CT molecular complexity index is 704. The third-order valence-electron chi connectivity index (χ3n) is 2.91. The number of halogens is 2. The molecule has 0 spiro atoms. The van der Waals surface area contributed by atoms with Gasteiger partial charge in [-0.25, -0.2) is 9.97 Å². The summed E-state index contributed by atoms with van der Waals surface area (Å²) in [5.74, 6) is 0.817. The molecule has 3 rings (SSSR count). The predicted molar refractivity (Wildman–Crippen MR) is 80.2 cm³/mol. The monoisotopic (exact) mass is 311 g/mol. The second-order valence-electron chi connectivity index (χ2n) is 4.26. The van der Waals surface area contributed by atoms with Crippen LogP contribution in [0.5, 0.6) is 0 Å². The van der Waals surface area contributed by atoms with Crippen LogP contribution in [0, 0.1) is 0 Å². The molecule has 0 saturated carbocycles. The van der Waals surface area contributed by atoms with Gasteiger partial charge in [0, 0.05) is 5.38 Å². The highest BCUT2D eigenvalue weighted by Gasteiger charge is 2.17. The Morgan fingerprint density at radius 2 is 2.26 bits per heavy atom. The van der Waals surface area contributed by atoms with Crippen LogP contribution >= 0.6 is 34.5 Å². The number of hydrogen-bond donors (Lipinski definition) is 0. The second kappa shape index (κ2) is 5.12. The number of hydrogen-bond acceptors (Lipinski definition) is 3. The van der Waals surface area contributed by atoms with E-state index in [1.807, 2.05) is 40.6 Å². The van der Waals surface area contributed by atoms with Gasteiger partial charge in [-0.15, -0.1) is 22.9 Å². The number of benzene rings is 1. The molecule has 1 atom stereocenters. The van der Waals surface area contributed by atoms with Gasteiger partial charge in [0.25, 0.3) is 0 Å². The van der Waals surface area contributed by atoms with Crippen molar-refractivity contribution in [1.82, 2.24) is 14.5 Å². The number of imidazole rings is 1. The molecule has 0 bridgehead atoms. The Morgan fingerprint density at radius 1 is 1.42 bits per heavy atom. The van der Waals surface area contributed by atoms with E-state index >= 15 is 0 Å². The molecule has 98 valence electrons. The summed E-state index contributed by atoms with van der Waals surface area (Å²) >= 11 is 14.1. The van der Waals surface area contributed by atoms with E-state index in [2.05, 4.69) is 9.97 Å². The summed E-state index contributed by atoms with van der Waals surface area (Å²) in [6.07, 6.45) is 0. The molecule has 2 heterocycles. The van der Waals surface area contributed by atoms with Gasteiger partial charge < -0.3 is 4.57 Å². The smallest absolute Gasteiger partial charge is 0.128 e. The lowest BCUT2D eigenvalue weighted by molar-refractivity contribution is 0.731. The number of para-hydroxylation sites is 1. The predicted octanol–water partition coefficient (Wildman–Crippen LogP) is 4.49. The number of aromatic nitrogens is 3. The first kappa shape index (κ1) is 12.9. The lowest BCUT2D eigenvalue weighted by Crippen LogP contribution is -2.06. The van der Waals surface area contributed by atoms with Crippen LogP contribution in [-0.4, -0.2) is 14.5 Å². The fraction of sp³-hybridized carbons (Fsp3) is 0.231. The minimum absolute atomic E-state index is 0.179. The molecule has 0 saturated heterocycles. The molecule has 0 fully saturated rings. The molecule has 0 aliphatic carbocycles. The summed E-state index contributed by atoms with van der Waals surface area (Å²) in [6, 6.07) is 5.71. The molecule has 3 nitrogen and oxygen atoms in total. The summed E-state index contributed by atoms with van der Waals surface area (Å²) in [6.45, 7) is 2.55. The topological polar surface area (TPSA) is 30.7 Å². The van der Waals surface area contributed by atoms with Crippen LogP contribution in [0.25, 0.3) is 11.0 Å². The molecule has 0 N–H and O–H groups in total. The van der Waals surface area contributed by atoms with Crippen LogP contribution < -0.4 is 0 Å². The number of thiazole rings is 1. The molecule has 0 amide bonds. The van der Waals surface area contributed by atoms with Crippen molar-refractivity contribution in [2.75, 3.05) is 0 Å². The third-order valence-corrected chi connectivity index (χ3v) is 4.04. The van der Waals surface area contributed by atoms with Gasteiger partial charge >= 0.3 is 0 Å². The van der Waals surface area contributed by atoms with Crippen LogP contribution in [0.2, 0.25) is 5.02 Å². The molecule has 2 aromatic heterocycles. The molecule has 1 unspecified atom stereocenters. The highest BCUT2D eigenvalue weighted by Crippen LogP contribution is 2.29. The molecular weight excluding hydrogens is 301 g/mol. The van der Waals surface area contributed by atoms with Crippen molar-refractivity contribution in [1.29, 1.82) is 0 Å². The van der Waals surface area contributed by atoms with Crippen molar-refractivity contribution in [3.8, 4) is 0 Å². The zero-order valence-corrected chi connectivity index (χ0v) is 12.5. The van der Waals surface area contributed by atoms with Crippen LogP contribution in [0.1, 0.15) is 23.8 Å². The lowest BCUT2D eigenvalue weighted by atomic mass is 10.3. The van der Waals surface area contributed by atoms with Crippen LogP contribution in [0.15, 0.2) is 29.1 Å². The van der Waals surface area contributed by atoms with Gasteiger partial charge in [0.2, 0.25) is 0 Å². The third kappa shape index (κ3) is 2.36. The highest BCUT2D eigenvalue weighted by atomic mass is 35.5. The molecule has 0 radical (unpaired) electrons. The summed E-state index contributed by atoms with van der Waals surface area (Å²) in [4.78, 5) is 8.89. The molecule has 1 aromatic carbocycles. The maximum atomic E-state index is 6.30. The Kier molecular flexibility index (Phi) is 3.48. The van der Waals surface area contributed by atoms with Crippen molar-refractivity contribution >= 4 is 45.6 Å². The molecular formula is C13H11Cl2N3S. The van der Waals surface area contributed by atoms with Gasteiger partial charge in [0.15, 0.2) is 0 Å². The van der Waals surface area contributed by atoms with Gasteiger partial charge in [-0.1, -0.05) is 17.7 Å². The van der Waals surface area contributed by atoms with Gasteiger partial charge in [0.1, 0.15) is 5.82 Å². The Balaban J connectivity index is 2.21. The SMILES string of the molecule is CC(Cl)c1nc2cccc(Cl)c2n1Cc1cscn1. The number of rotatable bonds is 3. The Morgan fingerprint density at radius 3 is 2.95 bits per heavy atom. The number of alkyl halides is 1. The lowest BCUT2D eigenvalue weighted by Gasteiger charge is -2.09.